The van der Waals surface area contributed by atoms with Crippen LogP contribution < -0.4 is 10.2 Å². The Balaban J connectivity index is 1.65. The second-order valence-electron chi connectivity index (χ2n) is 5.87. The topological polar surface area (TPSA) is 53.9 Å². The average Bonchev–Trinajstić information content (AvgIpc) is 2.68. The van der Waals surface area contributed by atoms with E-state index in [-0.39, 0.29) is 11.6 Å². The number of halogens is 3. The van der Waals surface area contributed by atoms with Crippen LogP contribution in [-0.2, 0) is 6.42 Å². The lowest BCUT2D eigenvalue weighted by Gasteiger charge is -2.30. The van der Waals surface area contributed by atoms with Gasteiger partial charge in [0.2, 0.25) is 5.95 Å². The second-order valence-corrected chi connectivity index (χ2v) is 5.87. The fourth-order valence-corrected chi connectivity index (χ4v) is 2.99. The Labute approximate surface area is 147 Å². The Morgan fingerprint density at radius 1 is 1.00 bits per heavy atom. The first kappa shape index (κ1) is 16.3. The van der Waals surface area contributed by atoms with Crippen LogP contribution >= 0.6 is 0 Å². The van der Waals surface area contributed by atoms with Gasteiger partial charge in [-0.3, -0.25) is 0 Å². The summed E-state index contributed by atoms with van der Waals surface area (Å²) in [6.45, 7) is 0.759. The van der Waals surface area contributed by atoms with Crippen LogP contribution in [0, 0.1) is 17.5 Å². The van der Waals surface area contributed by atoms with Crippen molar-refractivity contribution in [2.45, 2.75) is 12.8 Å². The van der Waals surface area contributed by atoms with Crippen LogP contribution in [0.15, 0.2) is 42.6 Å². The molecule has 0 aliphatic carbocycles. The normalized spacial score (nSPS) is 13.4. The van der Waals surface area contributed by atoms with E-state index in [1.54, 1.807) is 0 Å². The van der Waals surface area contributed by atoms with Gasteiger partial charge in [0.25, 0.3) is 0 Å². The van der Waals surface area contributed by atoms with E-state index in [4.69, 9.17) is 0 Å². The number of aromatic nitrogens is 3. The van der Waals surface area contributed by atoms with Gasteiger partial charge in [-0.2, -0.15) is 10.1 Å². The van der Waals surface area contributed by atoms with E-state index in [1.807, 2.05) is 23.1 Å². The number of benzene rings is 2. The SMILES string of the molecule is Fc1ccc(Nc2nncc(N3CCCc4ccccc43)n2)c(F)c1F. The molecule has 1 N–H and O–H groups in total. The van der Waals surface area contributed by atoms with Gasteiger partial charge in [-0.15, -0.1) is 5.10 Å². The van der Waals surface area contributed by atoms with Crippen LogP contribution in [0.4, 0.5) is 36.3 Å². The van der Waals surface area contributed by atoms with Crippen molar-refractivity contribution in [2.24, 2.45) is 0 Å². The Kier molecular flexibility index (Phi) is 4.16. The zero-order valence-electron chi connectivity index (χ0n) is 13.6. The van der Waals surface area contributed by atoms with Crippen LogP contribution in [-0.4, -0.2) is 21.7 Å². The molecule has 0 fully saturated rings. The maximum atomic E-state index is 13.8. The molecule has 1 aliphatic rings. The number of anilines is 4. The van der Waals surface area contributed by atoms with E-state index < -0.39 is 17.5 Å². The Bertz CT molecular complexity index is 963. The number of hydrogen-bond donors (Lipinski definition) is 1. The highest BCUT2D eigenvalue weighted by Crippen LogP contribution is 2.32. The summed E-state index contributed by atoms with van der Waals surface area (Å²) < 4.78 is 40.3. The van der Waals surface area contributed by atoms with Crippen molar-refractivity contribution in [2.75, 3.05) is 16.8 Å². The third kappa shape index (κ3) is 2.94. The third-order valence-corrected chi connectivity index (χ3v) is 4.21. The predicted molar refractivity (Wildman–Crippen MR) is 91.2 cm³/mol. The summed E-state index contributed by atoms with van der Waals surface area (Å²) in [4.78, 5) is 6.34. The molecule has 1 aliphatic heterocycles. The minimum atomic E-state index is -1.55. The minimum absolute atomic E-state index is 0.00420. The van der Waals surface area contributed by atoms with E-state index in [0.717, 1.165) is 37.2 Å². The molecule has 5 nitrogen and oxygen atoms in total. The van der Waals surface area contributed by atoms with Crippen LogP contribution in [0.2, 0.25) is 0 Å². The van der Waals surface area contributed by atoms with Crippen molar-refractivity contribution in [1.29, 1.82) is 0 Å². The first-order chi connectivity index (χ1) is 12.6. The summed E-state index contributed by atoms with van der Waals surface area (Å²) in [5, 5.41) is 10.2. The van der Waals surface area contributed by atoms with Gasteiger partial charge in [-0.25, -0.2) is 13.2 Å². The highest BCUT2D eigenvalue weighted by Gasteiger charge is 2.20. The predicted octanol–water partition coefficient (Wildman–Crippen LogP) is 4.12. The number of rotatable bonds is 3. The van der Waals surface area contributed by atoms with E-state index in [9.17, 15) is 13.2 Å². The zero-order chi connectivity index (χ0) is 18.1. The molecule has 2 heterocycles. The molecule has 8 heteroatoms. The van der Waals surface area contributed by atoms with Crippen molar-refractivity contribution in [3.63, 3.8) is 0 Å². The van der Waals surface area contributed by atoms with Gasteiger partial charge in [0.15, 0.2) is 23.3 Å². The van der Waals surface area contributed by atoms with Crippen molar-refractivity contribution >= 4 is 23.1 Å². The van der Waals surface area contributed by atoms with Crippen molar-refractivity contribution in [3.05, 3.63) is 65.6 Å². The summed E-state index contributed by atoms with van der Waals surface area (Å²) in [6, 6.07) is 9.91. The maximum absolute atomic E-state index is 13.8. The largest absolute Gasteiger partial charge is 0.325 e. The fourth-order valence-electron chi connectivity index (χ4n) is 2.99. The lowest BCUT2D eigenvalue weighted by molar-refractivity contribution is 0.449. The quantitative estimate of drug-likeness (QED) is 0.715. The van der Waals surface area contributed by atoms with Gasteiger partial charge in [0, 0.05) is 12.2 Å². The average molecular weight is 357 g/mol. The van der Waals surface area contributed by atoms with Crippen LogP contribution in [0.25, 0.3) is 0 Å². The van der Waals surface area contributed by atoms with Crippen molar-refractivity contribution in [3.8, 4) is 0 Å². The molecule has 3 aromatic rings. The zero-order valence-corrected chi connectivity index (χ0v) is 13.6. The van der Waals surface area contributed by atoms with Gasteiger partial charge in [-0.05, 0) is 36.6 Å². The molecule has 0 amide bonds. The van der Waals surface area contributed by atoms with Crippen LogP contribution in [0.1, 0.15) is 12.0 Å². The first-order valence-corrected chi connectivity index (χ1v) is 8.09. The molecular formula is C18H14F3N5. The van der Waals surface area contributed by atoms with Gasteiger partial charge in [0.05, 0.1) is 11.9 Å². The number of aryl methyl sites for hydroxylation is 1. The second kappa shape index (κ2) is 6.62. The molecular weight excluding hydrogens is 343 g/mol. The first-order valence-electron chi connectivity index (χ1n) is 8.09. The number of hydrogen-bond acceptors (Lipinski definition) is 5. The number of para-hydroxylation sites is 1. The van der Waals surface area contributed by atoms with E-state index in [2.05, 4.69) is 26.6 Å². The van der Waals surface area contributed by atoms with Gasteiger partial charge < -0.3 is 10.2 Å². The van der Waals surface area contributed by atoms with E-state index in [1.165, 1.54) is 11.8 Å². The standard InChI is InChI=1S/C18H14F3N5/c19-12-7-8-13(17(21)16(12)20)23-18-24-15(10-22-25-18)26-9-3-5-11-4-1-2-6-14(11)26/h1-2,4,6-8,10H,3,5,9H2,(H,23,24,25). The monoisotopic (exact) mass is 357 g/mol. The molecule has 4 rings (SSSR count). The molecule has 1 aromatic heterocycles. The van der Waals surface area contributed by atoms with Crippen LogP contribution in [0.3, 0.4) is 0 Å². The smallest absolute Gasteiger partial charge is 0.249 e. The molecule has 26 heavy (non-hydrogen) atoms. The third-order valence-electron chi connectivity index (χ3n) is 4.21. The lowest BCUT2D eigenvalue weighted by Crippen LogP contribution is -2.25. The molecule has 132 valence electrons. The molecule has 0 bridgehead atoms. The molecule has 0 saturated heterocycles. The lowest BCUT2D eigenvalue weighted by atomic mass is 10.0. The fraction of sp³-hybridized carbons (Fsp3) is 0.167. The molecule has 0 spiro atoms. The highest BCUT2D eigenvalue weighted by molar-refractivity contribution is 5.66. The molecule has 0 unspecified atom stereocenters. The van der Waals surface area contributed by atoms with Gasteiger partial charge in [-0.1, -0.05) is 18.2 Å². The Morgan fingerprint density at radius 2 is 1.85 bits per heavy atom. The molecule has 0 radical (unpaired) electrons. The van der Waals surface area contributed by atoms with Gasteiger partial charge in [0.1, 0.15) is 0 Å². The molecule has 0 saturated carbocycles. The Hall–Kier alpha value is -3.16. The van der Waals surface area contributed by atoms with E-state index >= 15 is 0 Å². The number of nitrogens with zero attached hydrogens (tertiary/aromatic N) is 4. The van der Waals surface area contributed by atoms with Crippen molar-refractivity contribution in [1.82, 2.24) is 15.2 Å². The minimum Gasteiger partial charge on any atom is -0.325 e. The Morgan fingerprint density at radius 3 is 2.73 bits per heavy atom. The van der Waals surface area contributed by atoms with E-state index in [0.29, 0.717) is 5.82 Å². The molecule has 2 aromatic carbocycles. The molecule has 0 atom stereocenters. The summed E-state index contributed by atoms with van der Waals surface area (Å²) >= 11 is 0. The van der Waals surface area contributed by atoms with Crippen LogP contribution in [0.5, 0.6) is 0 Å². The summed E-state index contributed by atoms with van der Waals surface area (Å²) in [5.74, 6) is -3.61. The summed E-state index contributed by atoms with van der Waals surface area (Å²) in [5.41, 5.74) is 1.98. The maximum Gasteiger partial charge on any atom is 0.249 e. The number of fused-ring (bicyclic) bond motifs is 1. The summed E-state index contributed by atoms with van der Waals surface area (Å²) in [7, 11) is 0. The number of nitrogens with one attached hydrogen (secondary N) is 1. The van der Waals surface area contributed by atoms with Crippen molar-refractivity contribution < 1.29 is 13.2 Å². The highest BCUT2D eigenvalue weighted by atomic mass is 19.2. The summed E-state index contributed by atoms with van der Waals surface area (Å²) in [6.07, 6.45) is 3.45. The van der Waals surface area contributed by atoms with Gasteiger partial charge >= 0.3 is 0 Å².